The summed E-state index contributed by atoms with van der Waals surface area (Å²) in [5, 5.41) is 2.16. The van der Waals surface area contributed by atoms with Crippen LogP contribution in [-0.2, 0) is 23.5 Å². The van der Waals surface area contributed by atoms with Gasteiger partial charge in [0, 0.05) is 22.3 Å². The third kappa shape index (κ3) is 5.69. The van der Waals surface area contributed by atoms with Crippen molar-refractivity contribution in [1.29, 1.82) is 0 Å². The fraction of sp³-hybridized carbons (Fsp3) is 0.231. The van der Waals surface area contributed by atoms with Crippen molar-refractivity contribution in [2.75, 3.05) is 13.7 Å². The van der Waals surface area contributed by atoms with Gasteiger partial charge in [0.15, 0.2) is 5.16 Å². The average Bonchev–Trinajstić information content (AvgIpc) is 3.20. The number of fused-ring (bicyclic) bond motifs is 1. The summed E-state index contributed by atoms with van der Waals surface area (Å²) in [5.41, 5.74) is 4.34. The summed E-state index contributed by atoms with van der Waals surface area (Å²) in [7, 11) is 1.66. The highest BCUT2D eigenvalue weighted by molar-refractivity contribution is 7.98. The highest BCUT2D eigenvalue weighted by atomic mass is 35.5. The van der Waals surface area contributed by atoms with Gasteiger partial charge in [0.1, 0.15) is 5.75 Å². The molecule has 0 atom stereocenters. The minimum absolute atomic E-state index is 0.328. The molecule has 1 heterocycles. The maximum Gasteiger partial charge on any atom is 0.338 e. The van der Waals surface area contributed by atoms with Crippen LogP contribution in [0.2, 0.25) is 10.0 Å². The Morgan fingerprint density at radius 2 is 1.85 bits per heavy atom. The lowest BCUT2D eigenvalue weighted by Gasteiger charge is -2.10. The quantitative estimate of drug-likeness (QED) is 0.176. The predicted molar refractivity (Wildman–Crippen MR) is 138 cm³/mol. The van der Waals surface area contributed by atoms with Crippen molar-refractivity contribution in [1.82, 2.24) is 9.55 Å². The molecular formula is C26H24Cl2N2O3S. The van der Waals surface area contributed by atoms with Gasteiger partial charge < -0.3 is 14.0 Å². The van der Waals surface area contributed by atoms with Crippen LogP contribution >= 0.6 is 35.0 Å². The molecule has 5 nitrogen and oxygen atoms in total. The van der Waals surface area contributed by atoms with Gasteiger partial charge in [-0.2, -0.15) is 0 Å². The summed E-state index contributed by atoms with van der Waals surface area (Å²) >= 11 is 14.1. The van der Waals surface area contributed by atoms with Gasteiger partial charge in [-0.3, -0.25) is 0 Å². The lowest BCUT2D eigenvalue weighted by atomic mass is 10.1. The Hall–Kier alpha value is -2.67. The van der Waals surface area contributed by atoms with Crippen LogP contribution in [0.25, 0.3) is 11.0 Å². The van der Waals surface area contributed by atoms with Crippen LogP contribution in [0, 0.1) is 0 Å². The van der Waals surface area contributed by atoms with Gasteiger partial charge in [-0.15, -0.1) is 0 Å². The Labute approximate surface area is 213 Å². The van der Waals surface area contributed by atoms with E-state index < -0.39 is 0 Å². The van der Waals surface area contributed by atoms with Gasteiger partial charge >= 0.3 is 5.97 Å². The molecule has 34 heavy (non-hydrogen) atoms. The summed E-state index contributed by atoms with van der Waals surface area (Å²) in [5.74, 6) is 1.10. The van der Waals surface area contributed by atoms with Crippen molar-refractivity contribution < 1.29 is 14.3 Å². The Morgan fingerprint density at radius 1 is 1.06 bits per heavy atom. The predicted octanol–water partition coefficient (Wildman–Crippen LogP) is 7.06. The van der Waals surface area contributed by atoms with Crippen LogP contribution in [0.5, 0.6) is 5.75 Å². The Balaban J connectivity index is 1.64. The van der Waals surface area contributed by atoms with Gasteiger partial charge in [0.05, 0.1) is 30.3 Å². The van der Waals surface area contributed by atoms with E-state index >= 15 is 0 Å². The van der Waals surface area contributed by atoms with Crippen LogP contribution in [0.3, 0.4) is 0 Å². The van der Waals surface area contributed by atoms with E-state index in [1.54, 1.807) is 50.1 Å². The summed E-state index contributed by atoms with van der Waals surface area (Å²) < 4.78 is 12.6. The molecule has 0 spiro atoms. The number of hydrogen-bond donors (Lipinski definition) is 0. The molecular weight excluding hydrogens is 491 g/mol. The average molecular weight is 515 g/mol. The van der Waals surface area contributed by atoms with Gasteiger partial charge in [0.25, 0.3) is 0 Å². The molecule has 0 fully saturated rings. The molecule has 4 aromatic rings. The normalized spacial score (nSPS) is 11.1. The Kier molecular flexibility index (Phi) is 8.03. The molecule has 0 saturated carbocycles. The molecule has 0 aliphatic heterocycles. The van der Waals surface area contributed by atoms with E-state index in [4.69, 9.17) is 37.7 Å². The van der Waals surface area contributed by atoms with E-state index in [1.807, 2.05) is 24.3 Å². The van der Waals surface area contributed by atoms with Crippen LogP contribution < -0.4 is 4.74 Å². The van der Waals surface area contributed by atoms with Crippen molar-refractivity contribution >= 4 is 52.0 Å². The highest BCUT2D eigenvalue weighted by Gasteiger charge is 2.16. The molecule has 0 radical (unpaired) electrons. The zero-order chi connectivity index (χ0) is 24.1. The molecule has 176 valence electrons. The minimum Gasteiger partial charge on any atom is -0.497 e. The summed E-state index contributed by atoms with van der Waals surface area (Å²) in [6, 6.07) is 19.0. The zero-order valence-electron chi connectivity index (χ0n) is 18.9. The van der Waals surface area contributed by atoms with E-state index in [9.17, 15) is 4.79 Å². The molecule has 8 heteroatoms. The topological polar surface area (TPSA) is 53.3 Å². The van der Waals surface area contributed by atoms with Crippen molar-refractivity contribution in [2.45, 2.75) is 30.8 Å². The van der Waals surface area contributed by atoms with Crippen LogP contribution in [0.4, 0.5) is 0 Å². The van der Waals surface area contributed by atoms with E-state index in [0.29, 0.717) is 28.0 Å². The Morgan fingerprint density at radius 3 is 2.59 bits per heavy atom. The van der Waals surface area contributed by atoms with E-state index in [0.717, 1.165) is 40.5 Å². The number of hydrogen-bond acceptors (Lipinski definition) is 5. The Bertz CT molecular complexity index is 1310. The molecule has 1 aromatic heterocycles. The smallest absolute Gasteiger partial charge is 0.338 e. The standard InChI is InChI=1S/C26H24Cl2N2O3S/c1-3-33-25(31)18-6-11-24-23(15-18)29-26(34-16-19-14-20(27)7-10-22(19)28)30(24)13-12-17-4-8-21(32-2)9-5-17/h4-11,14-15H,3,12-13,16H2,1-2H3. The first-order valence-electron chi connectivity index (χ1n) is 10.9. The van der Waals surface area contributed by atoms with E-state index in [-0.39, 0.29) is 5.97 Å². The lowest BCUT2D eigenvalue weighted by Crippen LogP contribution is -2.05. The molecule has 4 rings (SSSR count). The van der Waals surface area contributed by atoms with E-state index in [1.165, 1.54) is 5.56 Å². The maximum atomic E-state index is 12.2. The third-order valence-corrected chi connectivity index (χ3v) is 7.00. The monoisotopic (exact) mass is 514 g/mol. The molecule has 0 N–H and O–H groups in total. The second-order valence-electron chi connectivity index (χ2n) is 7.59. The first-order valence-corrected chi connectivity index (χ1v) is 12.6. The second kappa shape index (κ2) is 11.2. The molecule has 0 saturated heterocycles. The molecule has 0 aliphatic carbocycles. The van der Waals surface area contributed by atoms with Crippen molar-refractivity contribution in [2.24, 2.45) is 0 Å². The molecule has 0 aliphatic rings. The fourth-order valence-corrected chi connectivity index (χ4v) is 5.09. The summed E-state index contributed by atoms with van der Waals surface area (Å²) in [6.45, 7) is 2.85. The zero-order valence-corrected chi connectivity index (χ0v) is 21.2. The fourth-order valence-electron chi connectivity index (χ4n) is 3.60. The number of carbonyl (C=O) groups is 1. The SMILES string of the molecule is CCOC(=O)c1ccc2c(c1)nc(SCc1cc(Cl)ccc1Cl)n2CCc1ccc(OC)cc1. The van der Waals surface area contributed by atoms with Gasteiger partial charge in [0.2, 0.25) is 0 Å². The van der Waals surface area contributed by atoms with E-state index in [2.05, 4.69) is 16.7 Å². The number of methoxy groups -OCH3 is 1. The number of esters is 1. The number of carbonyl (C=O) groups excluding carboxylic acids is 1. The lowest BCUT2D eigenvalue weighted by molar-refractivity contribution is 0.0526. The number of benzene rings is 3. The largest absolute Gasteiger partial charge is 0.497 e. The first kappa shape index (κ1) is 24.5. The van der Waals surface area contributed by atoms with Crippen LogP contribution in [0.1, 0.15) is 28.4 Å². The molecule has 0 unspecified atom stereocenters. The molecule has 0 amide bonds. The maximum absolute atomic E-state index is 12.2. The van der Waals surface area contributed by atoms with Gasteiger partial charge in [-0.1, -0.05) is 47.1 Å². The number of rotatable bonds is 9. The van der Waals surface area contributed by atoms with Crippen molar-refractivity contribution in [3.63, 3.8) is 0 Å². The highest BCUT2D eigenvalue weighted by Crippen LogP contribution is 2.31. The minimum atomic E-state index is -0.350. The number of aryl methyl sites for hydroxylation is 2. The van der Waals surface area contributed by atoms with Crippen LogP contribution in [-0.4, -0.2) is 29.2 Å². The van der Waals surface area contributed by atoms with Crippen molar-refractivity contribution in [3.8, 4) is 5.75 Å². The van der Waals surface area contributed by atoms with Crippen molar-refractivity contribution in [3.05, 3.63) is 87.4 Å². The number of aromatic nitrogens is 2. The van der Waals surface area contributed by atoms with Gasteiger partial charge in [-0.05, 0) is 73.0 Å². The molecule has 3 aromatic carbocycles. The van der Waals surface area contributed by atoms with Crippen LogP contribution in [0.15, 0.2) is 65.8 Å². The number of halogens is 2. The van der Waals surface area contributed by atoms with Gasteiger partial charge in [-0.25, -0.2) is 9.78 Å². The third-order valence-electron chi connectivity index (χ3n) is 5.37. The summed E-state index contributed by atoms with van der Waals surface area (Å²) in [6.07, 6.45) is 0.820. The first-order chi connectivity index (χ1) is 16.5. The number of thioether (sulfide) groups is 1. The second-order valence-corrected chi connectivity index (χ2v) is 9.38. The number of ether oxygens (including phenoxy) is 2. The molecule has 0 bridgehead atoms. The number of imidazole rings is 1. The number of nitrogens with zero attached hydrogens (tertiary/aromatic N) is 2. The summed E-state index contributed by atoms with van der Waals surface area (Å²) in [4.78, 5) is 17.1.